The molecule has 0 unspecified atom stereocenters. The Kier molecular flexibility index (Phi) is 46.2. The molecule has 0 aromatic rings. The van der Waals surface area contributed by atoms with Gasteiger partial charge in [-0.05, 0) is 111 Å². The number of hydrogen-bond acceptors (Lipinski definition) is 6. The summed E-state index contributed by atoms with van der Waals surface area (Å²) >= 11 is 0. The number of nitrogens with zero attached hydrogens (tertiary/aromatic N) is 2. The fourth-order valence-corrected chi connectivity index (χ4v) is 7.72. The molecule has 0 aliphatic carbocycles. The van der Waals surface area contributed by atoms with E-state index in [2.05, 4.69) is 62.1 Å². The second kappa shape index (κ2) is 48.1. The lowest BCUT2D eigenvalue weighted by Gasteiger charge is -2.28. The van der Waals surface area contributed by atoms with Gasteiger partial charge in [0, 0.05) is 38.3 Å². The molecular weight excluding hydrogens is 769 g/mol. The van der Waals surface area contributed by atoms with Crippen molar-refractivity contribution in [1.29, 1.82) is 0 Å². The van der Waals surface area contributed by atoms with Crippen LogP contribution in [0.15, 0.2) is 36.5 Å². The standard InChI is InChI=1S/C55H102N2O5/c1-6-9-12-15-18-20-22-24-26-28-30-32-35-38-41-45-54(59)61-50-52(49-57(48-43-47-56(4)5)53(58)44-40-37-34-17-14-11-8-3)51-62-55(60)46-42-39-36-33-31-29-27-25-23-21-19-16-13-10-7-2/h24-27,34,37,52H,6-23,28-33,35-36,38-51H2,1-5H3/b26-24-,27-25-,37-34-. The van der Waals surface area contributed by atoms with Gasteiger partial charge < -0.3 is 19.3 Å². The smallest absolute Gasteiger partial charge is 0.305 e. The molecule has 0 atom stereocenters. The van der Waals surface area contributed by atoms with Gasteiger partial charge in [-0.2, -0.15) is 0 Å². The van der Waals surface area contributed by atoms with Crippen LogP contribution in [-0.2, 0) is 23.9 Å². The van der Waals surface area contributed by atoms with E-state index in [4.69, 9.17) is 9.47 Å². The summed E-state index contributed by atoms with van der Waals surface area (Å²) in [7, 11) is 4.09. The number of carbonyl (C=O) groups is 3. The van der Waals surface area contributed by atoms with Gasteiger partial charge in [-0.25, -0.2) is 0 Å². The van der Waals surface area contributed by atoms with E-state index in [1.165, 1.54) is 135 Å². The van der Waals surface area contributed by atoms with Crippen molar-refractivity contribution >= 4 is 17.8 Å². The van der Waals surface area contributed by atoms with Crippen molar-refractivity contribution in [2.75, 3.05) is 46.9 Å². The van der Waals surface area contributed by atoms with Crippen LogP contribution >= 0.6 is 0 Å². The van der Waals surface area contributed by atoms with Crippen LogP contribution < -0.4 is 0 Å². The fraction of sp³-hybridized carbons (Fsp3) is 0.836. The average molecular weight is 871 g/mol. The number of carbonyl (C=O) groups excluding carboxylic acids is 3. The first-order chi connectivity index (χ1) is 30.3. The minimum absolute atomic E-state index is 0.103. The number of allylic oxidation sites excluding steroid dienone is 6. The molecule has 7 heteroatoms. The van der Waals surface area contributed by atoms with Crippen LogP contribution in [0.25, 0.3) is 0 Å². The van der Waals surface area contributed by atoms with Crippen molar-refractivity contribution < 1.29 is 23.9 Å². The van der Waals surface area contributed by atoms with Gasteiger partial charge >= 0.3 is 11.9 Å². The van der Waals surface area contributed by atoms with E-state index in [1.54, 1.807) is 0 Å². The van der Waals surface area contributed by atoms with Crippen LogP contribution in [0.2, 0.25) is 0 Å². The first-order valence-corrected chi connectivity index (χ1v) is 26.5. The molecule has 0 saturated heterocycles. The molecular formula is C55H102N2O5. The van der Waals surface area contributed by atoms with Crippen molar-refractivity contribution in [3.05, 3.63) is 36.5 Å². The summed E-state index contributed by atoms with van der Waals surface area (Å²) in [6.45, 7) is 8.96. The lowest BCUT2D eigenvalue weighted by Crippen LogP contribution is -2.40. The van der Waals surface area contributed by atoms with Gasteiger partial charge in [0.2, 0.25) is 5.91 Å². The molecule has 0 bridgehead atoms. The summed E-state index contributed by atoms with van der Waals surface area (Å²) in [5.74, 6) is -0.567. The Morgan fingerprint density at radius 3 is 1.15 bits per heavy atom. The monoisotopic (exact) mass is 871 g/mol. The van der Waals surface area contributed by atoms with E-state index in [-0.39, 0.29) is 37.0 Å². The maximum Gasteiger partial charge on any atom is 0.305 e. The summed E-state index contributed by atoms with van der Waals surface area (Å²) in [6.07, 6.45) is 52.9. The zero-order valence-electron chi connectivity index (χ0n) is 41.8. The molecule has 7 nitrogen and oxygen atoms in total. The highest BCUT2D eigenvalue weighted by molar-refractivity contribution is 5.76. The molecule has 1 amide bonds. The molecule has 0 aliphatic heterocycles. The van der Waals surface area contributed by atoms with Gasteiger partial charge in [0.1, 0.15) is 0 Å². The minimum Gasteiger partial charge on any atom is -0.465 e. The molecule has 362 valence electrons. The van der Waals surface area contributed by atoms with Crippen LogP contribution in [0.5, 0.6) is 0 Å². The number of esters is 2. The van der Waals surface area contributed by atoms with Gasteiger partial charge in [0.05, 0.1) is 13.2 Å². The van der Waals surface area contributed by atoms with Crippen molar-refractivity contribution in [1.82, 2.24) is 9.80 Å². The van der Waals surface area contributed by atoms with Gasteiger partial charge in [0.25, 0.3) is 0 Å². The molecule has 0 saturated carbocycles. The fourth-order valence-electron chi connectivity index (χ4n) is 7.72. The van der Waals surface area contributed by atoms with Gasteiger partial charge in [-0.15, -0.1) is 0 Å². The van der Waals surface area contributed by atoms with Gasteiger partial charge in [-0.3, -0.25) is 14.4 Å². The van der Waals surface area contributed by atoms with Crippen molar-refractivity contribution in [3.63, 3.8) is 0 Å². The van der Waals surface area contributed by atoms with Crippen molar-refractivity contribution in [3.8, 4) is 0 Å². The van der Waals surface area contributed by atoms with Crippen molar-refractivity contribution in [2.45, 2.75) is 245 Å². The molecule has 0 spiro atoms. The highest BCUT2D eigenvalue weighted by atomic mass is 16.5. The van der Waals surface area contributed by atoms with Crippen LogP contribution in [0.1, 0.15) is 245 Å². The van der Waals surface area contributed by atoms with E-state index in [0.29, 0.717) is 32.4 Å². The Morgan fingerprint density at radius 2 is 0.742 bits per heavy atom. The predicted molar refractivity (Wildman–Crippen MR) is 267 cm³/mol. The zero-order valence-corrected chi connectivity index (χ0v) is 41.8. The molecule has 0 heterocycles. The number of unbranched alkanes of at least 4 members (excludes halogenated alkanes) is 25. The number of rotatable bonds is 47. The molecule has 0 aromatic heterocycles. The Hall–Kier alpha value is -2.41. The molecule has 62 heavy (non-hydrogen) atoms. The molecule has 0 aliphatic rings. The Bertz CT molecular complexity index is 1030. The van der Waals surface area contributed by atoms with Gasteiger partial charge in [-0.1, -0.05) is 173 Å². The summed E-state index contributed by atoms with van der Waals surface area (Å²) in [6, 6.07) is 0. The van der Waals surface area contributed by atoms with E-state index < -0.39 is 0 Å². The average Bonchev–Trinajstić information content (AvgIpc) is 3.26. The quantitative estimate of drug-likeness (QED) is 0.0344. The second-order valence-corrected chi connectivity index (χ2v) is 18.4. The first kappa shape index (κ1) is 59.6. The maximum absolute atomic E-state index is 13.6. The third-order valence-electron chi connectivity index (χ3n) is 11.8. The van der Waals surface area contributed by atoms with E-state index in [9.17, 15) is 14.4 Å². The summed E-state index contributed by atoms with van der Waals surface area (Å²) in [4.78, 5) is 43.4. The maximum atomic E-state index is 13.6. The largest absolute Gasteiger partial charge is 0.465 e. The third-order valence-corrected chi connectivity index (χ3v) is 11.8. The van der Waals surface area contributed by atoms with Crippen LogP contribution in [-0.4, -0.2) is 74.6 Å². The highest BCUT2D eigenvalue weighted by Crippen LogP contribution is 2.15. The zero-order chi connectivity index (χ0) is 45.4. The van der Waals surface area contributed by atoms with Crippen LogP contribution in [0.4, 0.5) is 0 Å². The molecule has 0 fully saturated rings. The minimum atomic E-state index is -0.265. The SMILES string of the molecule is CCCCC/C=C\CCC(=O)N(CCCN(C)C)CC(COC(=O)CCCCCCC/C=C\CCCCCCCC)COC(=O)CCCCCCC/C=C\CCCCCCCC. The Labute approximate surface area is 385 Å². The third kappa shape index (κ3) is 44.2. The lowest BCUT2D eigenvalue weighted by atomic mass is 10.1. The Balaban J connectivity index is 4.87. The molecule has 0 rings (SSSR count). The van der Waals surface area contributed by atoms with Crippen LogP contribution in [0, 0.1) is 5.92 Å². The number of ether oxygens (including phenoxy) is 2. The van der Waals surface area contributed by atoms with E-state index in [1.807, 2.05) is 19.0 Å². The lowest BCUT2D eigenvalue weighted by molar-refractivity contribution is -0.150. The number of hydrogen-bond donors (Lipinski definition) is 0. The van der Waals surface area contributed by atoms with E-state index in [0.717, 1.165) is 77.2 Å². The summed E-state index contributed by atoms with van der Waals surface area (Å²) < 4.78 is 11.6. The van der Waals surface area contributed by atoms with E-state index >= 15 is 0 Å². The second-order valence-electron chi connectivity index (χ2n) is 18.4. The van der Waals surface area contributed by atoms with Crippen LogP contribution in [0.3, 0.4) is 0 Å². The topological polar surface area (TPSA) is 76.2 Å². The normalized spacial score (nSPS) is 11.9. The molecule has 0 aromatic carbocycles. The first-order valence-electron chi connectivity index (χ1n) is 26.5. The highest BCUT2D eigenvalue weighted by Gasteiger charge is 2.22. The molecule has 0 N–H and O–H groups in total. The number of amides is 1. The molecule has 0 radical (unpaired) electrons. The summed E-state index contributed by atoms with van der Waals surface area (Å²) in [5, 5.41) is 0. The van der Waals surface area contributed by atoms with Crippen molar-refractivity contribution in [2.24, 2.45) is 5.92 Å². The summed E-state index contributed by atoms with van der Waals surface area (Å²) in [5.41, 5.74) is 0. The Morgan fingerprint density at radius 1 is 0.403 bits per heavy atom. The predicted octanol–water partition coefficient (Wildman–Crippen LogP) is 15.5. The van der Waals surface area contributed by atoms with Gasteiger partial charge in [0.15, 0.2) is 0 Å².